The molecule has 1 saturated carbocycles. The monoisotopic (exact) mass is 638 g/mol. The Morgan fingerprint density at radius 2 is 1.80 bits per heavy atom. The fourth-order valence-electron chi connectivity index (χ4n) is 7.26. The Balaban J connectivity index is 1.06. The minimum atomic E-state index is -0.0171. The fourth-order valence-corrected chi connectivity index (χ4v) is 8.14. The van der Waals surface area contributed by atoms with Crippen LogP contribution in [0.25, 0.3) is 27.5 Å². The molecule has 6 heterocycles. The van der Waals surface area contributed by atoms with Crippen LogP contribution in [-0.2, 0) is 9.59 Å². The molecule has 4 aromatic heterocycles. The fraction of sp³-hybridized carbons (Fsp3) is 0.485. The number of rotatable bonds is 7. The first-order valence-corrected chi connectivity index (χ1v) is 16.9. The maximum absolute atomic E-state index is 13.2. The molecule has 4 aromatic rings. The van der Waals surface area contributed by atoms with Crippen molar-refractivity contribution < 1.29 is 9.59 Å². The number of carbonyl (C=O) groups excluding carboxylic acids is 2. The zero-order valence-corrected chi connectivity index (χ0v) is 27.1. The van der Waals surface area contributed by atoms with E-state index >= 15 is 0 Å². The Bertz CT molecular complexity index is 1800. The van der Waals surface area contributed by atoms with Gasteiger partial charge in [0.2, 0.25) is 16.9 Å². The van der Waals surface area contributed by atoms with Gasteiger partial charge in [-0.05, 0) is 75.6 Å². The lowest BCUT2D eigenvalue weighted by atomic mass is 9.90. The number of anilines is 2. The van der Waals surface area contributed by atoms with E-state index in [0.717, 1.165) is 77.1 Å². The van der Waals surface area contributed by atoms with E-state index in [2.05, 4.69) is 50.7 Å². The quantitative estimate of drug-likeness (QED) is 0.304. The van der Waals surface area contributed by atoms with Crippen molar-refractivity contribution in [2.45, 2.75) is 58.5 Å². The molecule has 3 fully saturated rings. The third kappa shape index (κ3) is 5.77. The molecule has 46 heavy (non-hydrogen) atoms. The van der Waals surface area contributed by atoms with E-state index in [1.165, 1.54) is 0 Å². The molecule has 3 atom stereocenters. The second-order valence-electron chi connectivity index (χ2n) is 13.0. The standard InChI is InChI=1S/C33H38N10O2S/c1-19(2)37-27-13-28(29-7-6-25-12-21(14-34)15-36-43(25)29)35-16-26(27)32-39-40-33(46-32)42-17-23-4-5-24(18-42)30(23)38-31(45)22-8-10-41(11-9-22)20(3)44/h6-7,12-13,15-16,19,22-24,30H,4-5,8-11,17-18H2,1-3H3,(H,35,37)(H,38,45)/t23-,24+,30?. The highest BCUT2D eigenvalue weighted by Gasteiger charge is 2.44. The topological polar surface area (TPSA) is 144 Å². The molecule has 12 nitrogen and oxygen atoms in total. The van der Waals surface area contributed by atoms with Crippen LogP contribution in [0.4, 0.5) is 10.8 Å². The van der Waals surface area contributed by atoms with Crippen LogP contribution in [0.5, 0.6) is 0 Å². The summed E-state index contributed by atoms with van der Waals surface area (Å²) in [6, 6.07) is 10.3. The molecule has 2 bridgehead atoms. The second-order valence-corrected chi connectivity index (χ2v) is 14.0. The van der Waals surface area contributed by atoms with Gasteiger partial charge in [0.15, 0.2) is 5.01 Å². The SMILES string of the molecule is CC(=O)N1CCC(C(=O)NC2[C@@H]3CC[C@H]2CN(c2nnc(-c4cnc(-c5ccc6cc(C#N)cnn56)cc4NC(C)C)s2)C3)CC1. The molecule has 13 heteroatoms. The summed E-state index contributed by atoms with van der Waals surface area (Å²) < 4.78 is 1.79. The zero-order valence-electron chi connectivity index (χ0n) is 26.3. The maximum Gasteiger partial charge on any atom is 0.223 e. The number of piperidine rings is 2. The Morgan fingerprint density at radius 1 is 1.04 bits per heavy atom. The highest BCUT2D eigenvalue weighted by Crippen LogP contribution is 2.42. The smallest absolute Gasteiger partial charge is 0.223 e. The number of pyridine rings is 1. The van der Waals surface area contributed by atoms with Crippen LogP contribution in [0.2, 0.25) is 0 Å². The van der Waals surface area contributed by atoms with Gasteiger partial charge in [-0.15, -0.1) is 10.2 Å². The molecular weight excluding hydrogens is 600 g/mol. The maximum atomic E-state index is 13.2. The molecule has 2 amide bonds. The summed E-state index contributed by atoms with van der Waals surface area (Å²) in [6.07, 6.45) is 7.06. The third-order valence-electron chi connectivity index (χ3n) is 9.61. The number of carbonyl (C=O) groups is 2. The van der Waals surface area contributed by atoms with Crippen LogP contribution in [0.15, 0.2) is 36.7 Å². The molecule has 0 radical (unpaired) electrons. The summed E-state index contributed by atoms with van der Waals surface area (Å²) in [6.45, 7) is 8.80. The predicted octanol–water partition coefficient (Wildman–Crippen LogP) is 4.20. The summed E-state index contributed by atoms with van der Waals surface area (Å²) in [4.78, 5) is 33.9. The van der Waals surface area contributed by atoms with Gasteiger partial charge in [0.1, 0.15) is 6.07 Å². The number of aromatic nitrogens is 5. The minimum absolute atomic E-state index is 0.0171. The molecule has 3 aliphatic rings. The first-order chi connectivity index (χ1) is 22.3. The van der Waals surface area contributed by atoms with Gasteiger partial charge in [-0.1, -0.05) is 11.3 Å². The predicted molar refractivity (Wildman–Crippen MR) is 176 cm³/mol. The van der Waals surface area contributed by atoms with Gasteiger partial charge >= 0.3 is 0 Å². The van der Waals surface area contributed by atoms with Gasteiger partial charge < -0.3 is 20.4 Å². The summed E-state index contributed by atoms with van der Waals surface area (Å²) >= 11 is 1.57. The van der Waals surface area contributed by atoms with Crippen LogP contribution in [0, 0.1) is 29.1 Å². The highest BCUT2D eigenvalue weighted by molar-refractivity contribution is 7.18. The Kier molecular flexibility index (Phi) is 8.06. The van der Waals surface area contributed by atoms with E-state index in [-0.39, 0.29) is 29.8 Å². The lowest BCUT2D eigenvalue weighted by Gasteiger charge is -2.39. The average molecular weight is 639 g/mol. The van der Waals surface area contributed by atoms with Crippen LogP contribution in [0.1, 0.15) is 52.0 Å². The van der Waals surface area contributed by atoms with Crippen molar-refractivity contribution in [1.82, 2.24) is 35.0 Å². The zero-order chi connectivity index (χ0) is 31.9. The number of nitriles is 1. The Morgan fingerprint density at radius 3 is 2.50 bits per heavy atom. The van der Waals surface area contributed by atoms with E-state index < -0.39 is 0 Å². The molecule has 0 aromatic carbocycles. The lowest BCUT2D eigenvalue weighted by Crippen LogP contribution is -2.54. The molecule has 0 spiro atoms. The number of nitrogens with one attached hydrogen (secondary N) is 2. The number of likely N-dealkylation sites (tertiary alicyclic amines) is 1. The van der Waals surface area contributed by atoms with Crippen LogP contribution < -0.4 is 15.5 Å². The first-order valence-electron chi connectivity index (χ1n) is 16.1. The van der Waals surface area contributed by atoms with Gasteiger partial charge in [0.05, 0.1) is 34.2 Å². The average Bonchev–Trinajstić information content (AvgIpc) is 3.76. The van der Waals surface area contributed by atoms with Crippen molar-refractivity contribution in [2.75, 3.05) is 36.4 Å². The van der Waals surface area contributed by atoms with E-state index in [9.17, 15) is 14.9 Å². The summed E-state index contributed by atoms with van der Waals surface area (Å²) in [5, 5.41) is 31.6. The molecule has 2 aliphatic heterocycles. The van der Waals surface area contributed by atoms with Crippen LogP contribution >= 0.6 is 11.3 Å². The molecule has 238 valence electrons. The number of amides is 2. The highest BCUT2D eigenvalue weighted by atomic mass is 32.1. The van der Waals surface area contributed by atoms with Gasteiger partial charge in [0.25, 0.3) is 0 Å². The van der Waals surface area contributed by atoms with Crippen LogP contribution in [0.3, 0.4) is 0 Å². The summed E-state index contributed by atoms with van der Waals surface area (Å²) in [7, 11) is 0. The first kappa shape index (κ1) is 30.1. The van der Waals surface area contributed by atoms with Gasteiger partial charge in [-0.25, -0.2) is 4.52 Å². The van der Waals surface area contributed by atoms with E-state index in [1.807, 2.05) is 35.4 Å². The molecule has 1 unspecified atom stereocenters. The van der Waals surface area contributed by atoms with Crippen molar-refractivity contribution in [3.8, 4) is 28.0 Å². The normalized spacial score (nSPS) is 21.5. The second kappa shape index (κ2) is 12.3. The van der Waals surface area contributed by atoms with E-state index in [4.69, 9.17) is 4.98 Å². The van der Waals surface area contributed by atoms with Gasteiger partial charge in [-0.2, -0.15) is 10.4 Å². The van der Waals surface area contributed by atoms with Crippen molar-refractivity contribution in [3.63, 3.8) is 0 Å². The minimum Gasteiger partial charge on any atom is -0.382 e. The number of hydrogen-bond acceptors (Lipinski definition) is 10. The van der Waals surface area contributed by atoms with Crippen molar-refractivity contribution in [3.05, 3.63) is 42.2 Å². The van der Waals surface area contributed by atoms with Crippen LogP contribution in [-0.4, -0.2) is 79.8 Å². The molecule has 7 rings (SSSR count). The molecule has 2 saturated heterocycles. The summed E-state index contributed by atoms with van der Waals surface area (Å²) in [5.74, 6) is 0.970. The molecule has 1 aliphatic carbocycles. The lowest BCUT2D eigenvalue weighted by molar-refractivity contribution is -0.134. The molecular formula is C33H38N10O2S. The summed E-state index contributed by atoms with van der Waals surface area (Å²) in [5.41, 5.74) is 4.75. The number of fused-ring (bicyclic) bond motifs is 3. The van der Waals surface area contributed by atoms with Crippen molar-refractivity contribution >= 4 is 39.5 Å². The van der Waals surface area contributed by atoms with E-state index in [0.29, 0.717) is 30.5 Å². The largest absolute Gasteiger partial charge is 0.382 e. The third-order valence-corrected chi connectivity index (χ3v) is 10.6. The van der Waals surface area contributed by atoms with Gasteiger partial charge in [-0.3, -0.25) is 14.6 Å². The van der Waals surface area contributed by atoms with E-state index in [1.54, 1.807) is 29.0 Å². The number of hydrogen-bond donors (Lipinski definition) is 2. The Hall–Kier alpha value is -4.57. The van der Waals surface area contributed by atoms with Crippen molar-refractivity contribution in [1.29, 1.82) is 5.26 Å². The van der Waals surface area contributed by atoms with Crippen molar-refractivity contribution in [2.24, 2.45) is 17.8 Å². The number of nitrogens with zero attached hydrogens (tertiary/aromatic N) is 8. The molecule has 2 N–H and O–H groups in total. The van der Waals surface area contributed by atoms with Gasteiger partial charge in [0, 0.05) is 63.0 Å². The Labute approximate surface area is 271 Å².